The van der Waals surface area contributed by atoms with Crippen molar-refractivity contribution in [3.05, 3.63) is 41.5 Å². The molecule has 134 valence electrons. The number of carbonyl (C=O) groups is 3. The highest BCUT2D eigenvalue weighted by Gasteiger charge is 2.22. The predicted octanol–water partition coefficient (Wildman–Crippen LogP) is 2.76. The Morgan fingerprint density at radius 1 is 1.20 bits per heavy atom. The molecule has 1 saturated heterocycles. The molecule has 0 aliphatic carbocycles. The summed E-state index contributed by atoms with van der Waals surface area (Å²) >= 11 is 0. The van der Waals surface area contributed by atoms with Crippen LogP contribution in [0.25, 0.3) is 0 Å². The molecule has 0 spiro atoms. The van der Waals surface area contributed by atoms with Crippen molar-refractivity contribution in [1.29, 1.82) is 0 Å². The lowest BCUT2D eigenvalue weighted by Crippen LogP contribution is -2.41. The number of methoxy groups -OCH3 is 1. The predicted molar refractivity (Wildman–Crippen MR) is 95.2 cm³/mol. The highest BCUT2D eigenvalue weighted by Crippen LogP contribution is 2.17. The van der Waals surface area contributed by atoms with Crippen LogP contribution in [0.4, 0.5) is 5.69 Å². The number of ether oxygens (including phenoxy) is 1. The van der Waals surface area contributed by atoms with Crippen molar-refractivity contribution in [2.24, 2.45) is 0 Å². The fourth-order valence-corrected chi connectivity index (χ4v) is 2.80. The van der Waals surface area contributed by atoms with Crippen LogP contribution in [0.2, 0.25) is 0 Å². The van der Waals surface area contributed by atoms with Crippen molar-refractivity contribution in [3.8, 4) is 0 Å². The molecule has 2 amide bonds. The van der Waals surface area contributed by atoms with Crippen LogP contribution in [0.15, 0.2) is 35.9 Å². The number of esters is 1. The first-order valence-corrected chi connectivity index (χ1v) is 8.41. The van der Waals surface area contributed by atoms with E-state index < -0.39 is 5.97 Å². The first-order chi connectivity index (χ1) is 11.9. The third-order valence-corrected chi connectivity index (χ3v) is 4.35. The number of rotatable bonds is 4. The Balaban J connectivity index is 1.99. The van der Waals surface area contributed by atoms with Crippen molar-refractivity contribution in [3.63, 3.8) is 0 Å². The summed E-state index contributed by atoms with van der Waals surface area (Å²) in [5, 5.41) is 2.72. The van der Waals surface area contributed by atoms with Crippen LogP contribution >= 0.6 is 0 Å². The first kappa shape index (κ1) is 18.7. The lowest BCUT2D eigenvalue weighted by atomic mass is 10.0. The summed E-state index contributed by atoms with van der Waals surface area (Å²) in [5.41, 5.74) is 1.30. The molecule has 0 radical (unpaired) electrons. The van der Waals surface area contributed by atoms with Gasteiger partial charge in [0.2, 0.25) is 5.91 Å². The Morgan fingerprint density at radius 3 is 2.48 bits per heavy atom. The molecule has 6 heteroatoms. The summed E-state index contributed by atoms with van der Waals surface area (Å²) < 4.78 is 4.63. The minimum absolute atomic E-state index is 0.124. The highest BCUT2D eigenvalue weighted by atomic mass is 16.5. The summed E-state index contributed by atoms with van der Waals surface area (Å²) in [6, 6.07) is 6.58. The zero-order valence-corrected chi connectivity index (χ0v) is 14.9. The van der Waals surface area contributed by atoms with Crippen LogP contribution < -0.4 is 5.32 Å². The Kier molecular flexibility index (Phi) is 6.33. The number of anilines is 1. The minimum atomic E-state index is -0.435. The number of carbonyl (C=O) groups excluding carboxylic acids is 3. The fraction of sp³-hybridized carbons (Fsp3) is 0.421. The zero-order valence-electron chi connectivity index (χ0n) is 14.9. The van der Waals surface area contributed by atoms with Crippen LogP contribution in [0, 0.1) is 0 Å². The van der Waals surface area contributed by atoms with Crippen LogP contribution in [0.1, 0.15) is 43.5 Å². The van der Waals surface area contributed by atoms with Gasteiger partial charge in [-0.25, -0.2) is 4.79 Å². The number of nitrogens with zero attached hydrogens (tertiary/aromatic N) is 1. The van der Waals surface area contributed by atoms with Gasteiger partial charge < -0.3 is 15.0 Å². The molecule has 1 aliphatic heterocycles. The number of nitrogens with one attached hydrogen (secondary N) is 1. The average Bonchev–Trinajstić information content (AvgIpc) is 2.61. The SMILES string of the molecule is COC(=O)c1ccc(NC(=O)/C(C)=C/C(=O)N2CCCCC2C)cc1. The molecule has 2 rings (SSSR count). The smallest absolute Gasteiger partial charge is 0.337 e. The molecule has 25 heavy (non-hydrogen) atoms. The molecule has 1 fully saturated rings. The summed E-state index contributed by atoms with van der Waals surface area (Å²) in [4.78, 5) is 37.8. The van der Waals surface area contributed by atoms with E-state index in [1.54, 1.807) is 31.2 Å². The van der Waals surface area contributed by atoms with Gasteiger partial charge in [0.15, 0.2) is 0 Å². The van der Waals surface area contributed by atoms with Gasteiger partial charge >= 0.3 is 5.97 Å². The minimum Gasteiger partial charge on any atom is -0.465 e. The van der Waals surface area contributed by atoms with Gasteiger partial charge in [0.25, 0.3) is 5.91 Å². The summed E-state index contributed by atoms with van der Waals surface area (Å²) in [6.45, 7) is 4.38. The van der Waals surface area contributed by atoms with Gasteiger partial charge in [-0.2, -0.15) is 0 Å². The Morgan fingerprint density at radius 2 is 1.88 bits per heavy atom. The van der Waals surface area contributed by atoms with Gasteiger partial charge in [-0.15, -0.1) is 0 Å². The van der Waals surface area contributed by atoms with Crippen LogP contribution in [0.3, 0.4) is 0 Å². The van der Waals surface area contributed by atoms with Crippen molar-refractivity contribution in [2.45, 2.75) is 39.2 Å². The first-order valence-electron chi connectivity index (χ1n) is 8.41. The van der Waals surface area contributed by atoms with E-state index in [4.69, 9.17) is 0 Å². The van der Waals surface area contributed by atoms with Gasteiger partial charge in [0.1, 0.15) is 0 Å². The van der Waals surface area contributed by atoms with Crippen molar-refractivity contribution in [1.82, 2.24) is 4.90 Å². The van der Waals surface area contributed by atoms with E-state index in [2.05, 4.69) is 10.1 Å². The van der Waals surface area contributed by atoms with Crippen LogP contribution in [-0.4, -0.2) is 42.4 Å². The molecule has 1 heterocycles. The molecular weight excluding hydrogens is 320 g/mol. The van der Waals surface area contributed by atoms with Gasteiger partial charge in [-0.05, 0) is 57.4 Å². The van der Waals surface area contributed by atoms with E-state index in [1.807, 2.05) is 11.8 Å². The molecule has 1 atom stereocenters. The second-order valence-electron chi connectivity index (χ2n) is 6.23. The monoisotopic (exact) mass is 344 g/mol. The van der Waals surface area contributed by atoms with E-state index in [0.717, 1.165) is 25.8 Å². The molecule has 1 N–H and O–H groups in total. The van der Waals surface area contributed by atoms with E-state index in [1.165, 1.54) is 13.2 Å². The quantitative estimate of drug-likeness (QED) is 0.673. The number of amides is 2. The maximum absolute atomic E-state index is 12.3. The van der Waals surface area contributed by atoms with E-state index in [-0.39, 0.29) is 17.9 Å². The molecule has 1 aromatic carbocycles. The lowest BCUT2D eigenvalue weighted by Gasteiger charge is -2.32. The number of hydrogen-bond acceptors (Lipinski definition) is 4. The number of benzene rings is 1. The zero-order chi connectivity index (χ0) is 18.4. The topological polar surface area (TPSA) is 75.7 Å². The van der Waals surface area contributed by atoms with Gasteiger partial charge in [-0.1, -0.05) is 0 Å². The van der Waals surface area contributed by atoms with E-state index in [0.29, 0.717) is 16.8 Å². The van der Waals surface area contributed by atoms with Crippen molar-refractivity contribution >= 4 is 23.5 Å². The normalized spacial score (nSPS) is 17.8. The third kappa shape index (κ3) is 4.92. The second-order valence-corrected chi connectivity index (χ2v) is 6.23. The largest absolute Gasteiger partial charge is 0.465 e. The Hall–Kier alpha value is -2.63. The summed E-state index contributed by atoms with van der Waals surface area (Å²) in [6.07, 6.45) is 4.52. The van der Waals surface area contributed by atoms with E-state index in [9.17, 15) is 14.4 Å². The fourth-order valence-electron chi connectivity index (χ4n) is 2.80. The number of hydrogen-bond donors (Lipinski definition) is 1. The molecule has 0 saturated carbocycles. The summed E-state index contributed by atoms with van der Waals surface area (Å²) in [7, 11) is 1.31. The lowest BCUT2D eigenvalue weighted by molar-refractivity contribution is -0.129. The maximum Gasteiger partial charge on any atom is 0.337 e. The molecule has 6 nitrogen and oxygen atoms in total. The highest BCUT2D eigenvalue weighted by molar-refractivity contribution is 6.07. The van der Waals surface area contributed by atoms with Gasteiger partial charge in [0, 0.05) is 29.9 Å². The van der Waals surface area contributed by atoms with Crippen LogP contribution in [0.5, 0.6) is 0 Å². The Bertz CT molecular complexity index is 679. The molecular formula is C19H24N2O4. The molecule has 0 aromatic heterocycles. The van der Waals surface area contributed by atoms with Crippen molar-refractivity contribution in [2.75, 3.05) is 19.0 Å². The molecule has 0 bridgehead atoms. The Labute approximate surface area is 147 Å². The summed E-state index contributed by atoms with van der Waals surface area (Å²) in [5.74, 6) is -0.903. The molecule has 1 aromatic rings. The standard InChI is InChI=1S/C19H24N2O4/c1-13(12-17(22)21-11-5-4-6-14(21)2)18(23)20-16-9-7-15(8-10-16)19(24)25-3/h7-10,12,14H,4-6,11H2,1-3H3,(H,20,23)/b13-12+. The van der Waals surface area contributed by atoms with Crippen molar-refractivity contribution < 1.29 is 19.1 Å². The number of piperidine rings is 1. The van der Waals surface area contributed by atoms with Crippen LogP contribution in [-0.2, 0) is 14.3 Å². The number of likely N-dealkylation sites (tertiary alicyclic amines) is 1. The maximum atomic E-state index is 12.3. The molecule has 1 unspecified atom stereocenters. The average molecular weight is 344 g/mol. The van der Waals surface area contributed by atoms with Gasteiger partial charge in [-0.3, -0.25) is 9.59 Å². The molecule has 1 aliphatic rings. The second kappa shape index (κ2) is 8.46. The van der Waals surface area contributed by atoms with Gasteiger partial charge in [0.05, 0.1) is 12.7 Å². The third-order valence-electron chi connectivity index (χ3n) is 4.35. The van der Waals surface area contributed by atoms with E-state index >= 15 is 0 Å².